The third-order valence-electron chi connectivity index (χ3n) is 2.30. The van der Waals surface area contributed by atoms with Crippen molar-refractivity contribution in [1.82, 2.24) is 15.0 Å². The molecule has 2 heterocycles. The third-order valence-corrected chi connectivity index (χ3v) is 3.44. The Kier molecular flexibility index (Phi) is 3.93. The topological polar surface area (TPSA) is 86.0 Å². The fourth-order valence-corrected chi connectivity index (χ4v) is 2.20. The molecule has 0 bridgehead atoms. The molecule has 0 aliphatic carbocycles. The molecule has 0 saturated heterocycles. The highest BCUT2D eigenvalue weighted by Gasteiger charge is 2.04. The number of anilines is 2. The molecule has 96 valence electrons. The molecule has 6 nitrogen and oxygen atoms in total. The largest absolute Gasteiger partial charge is 0.481 e. The second-order valence-electron chi connectivity index (χ2n) is 3.58. The van der Waals surface area contributed by atoms with Crippen molar-refractivity contribution in [3.63, 3.8) is 0 Å². The fraction of sp³-hybridized carbons (Fsp3) is 0.364. The van der Waals surface area contributed by atoms with Gasteiger partial charge in [0, 0.05) is 17.1 Å². The van der Waals surface area contributed by atoms with E-state index in [1.165, 1.54) is 4.88 Å². The van der Waals surface area contributed by atoms with Gasteiger partial charge in [-0.25, -0.2) is 4.98 Å². The van der Waals surface area contributed by atoms with Gasteiger partial charge >= 0.3 is 0 Å². The molecule has 0 aliphatic rings. The number of aryl methyl sites for hydroxylation is 1. The molecule has 2 aromatic rings. The number of thiazole rings is 1. The standard InChI is InChI=1S/C11H15N5OS/c1-3-7-5-14-10(18-7)6-13-8-4-9(17-2)16-11(12)15-8/h4-5H,3,6H2,1-2H3,(H3,12,13,15,16). The van der Waals surface area contributed by atoms with Crippen LogP contribution in [0, 0.1) is 0 Å². The molecule has 0 fully saturated rings. The molecule has 3 N–H and O–H groups in total. The number of nitrogens with one attached hydrogen (secondary N) is 1. The molecule has 0 spiro atoms. The van der Waals surface area contributed by atoms with E-state index in [1.807, 2.05) is 6.20 Å². The molecular weight excluding hydrogens is 250 g/mol. The number of hydrogen-bond acceptors (Lipinski definition) is 7. The Balaban J connectivity index is 2.03. The zero-order valence-electron chi connectivity index (χ0n) is 10.3. The molecular formula is C11H15N5OS. The Bertz CT molecular complexity index is 528. The van der Waals surface area contributed by atoms with E-state index >= 15 is 0 Å². The van der Waals surface area contributed by atoms with Crippen molar-refractivity contribution in [2.24, 2.45) is 0 Å². The van der Waals surface area contributed by atoms with Crippen molar-refractivity contribution in [2.45, 2.75) is 19.9 Å². The molecule has 2 rings (SSSR count). The minimum Gasteiger partial charge on any atom is -0.481 e. The van der Waals surface area contributed by atoms with Gasteiger partial charge in [0.15, 0.2) is 0 Å². The number of rotatable bonds is 5. The summed E-state index contributed by atoms with van der Waals surface area (Å²) >= 11 is 1.69. The van der Waals surface area contributed by atoms with Crippen LogP contribution in [0.1, 0.15) is 16.8 Å². The monoisotopic (exact) mass is 265 g/mol. The molecule has 0 amide bonds. The highest BCUT2D eigenvalue weighted by atomic mass is 32.1. The Morgan fingerprint density at radius 2 is 2.28 bits per heavy atom. The summed E-state index contributed by atoms with van der Waals surface area (Å²) in [5.41, 5.74) is 5.57. The summed E-state index contributed by atoms with van der Waals surface area (Å²) in [7, 11) is 1.54. The van der Waals surface area contributed by atoms with Gasteiger partial charge in [-0.1, -0.05) is 6.92 Å². The molecule has 0 atom stereocenters. The van der Waals surface area contributed by atoms with Gasteiger partial charge in [-0.05, 0) is 6.42 Å². The summed E-state index contributed by atoms with van der Waals surface area (Å²) in [5.74, 6) is 1.26. The maximum Gasteiger partial charge on any atom is 0.225 e. The summed E-state index contributed by atoms with van der Waals surface area (Å²) < 4.78 is 5.03. The molecule has 7 heteroatoms. The minimum atomic E-state index is 0.185. The van der Waals surface area contributed by atoms with Crippen LogP contribution in [-0.2, 0) is 13.0 Å². The Morgan fingerprint density at radius 3 is 2.94 bits per heavy atom. The summed E-state index contributed by atoms with van der Waals surface area (Å²) in [5, 5.41) is 4.17. The lowest BCUT2D eigenvalue weighted by molar-refractivity contribution is 0.398. The second kappa shape index (κ2) is 5.63. The first kappa shape index (κ1) is 12.6. The van der Waals surface area contributed by atoms with Gasteiger partial charge in [-0.3, -0.25) is 0 Å². The number of aromatic nitrogens is 3. The van der Waals surface area contributed by atoms with Crippen LogP contribution in [0.15, 0.2) is 12.3 Å². The van der Waals surface area contributed by atoms with Crippen LogP contribution in [0.5, 0.6) is 5.88 Å². The number of nitrogens with two attached hydrogens (primary N) is 1. The SMILES string of the molecule is CCc1cnc(CNc2cc(OC)nc(N)n2)s1. The number of nitrogen functional groups attached to an aromatic ring is 1. The van der Waals surface area contributed by atoms with E-state index in [2.05, 4.69) is 27.2 Å². The van der Waals surface area contributed by atoms with E-state index in [1.54, 1.807) is 24.5 Å². The number of nitrogens with zero attached hydrogens (tertiary/aromatic N) is 3. The van der Waals surface area contributed by atoms with Crippen molar-refractivity contribution >= 4 is 23.1 Å². The van der Waals surface area contributed by atoms with E-state index in [9.17, 15) is 0 Å². The second-order valence-corrected chi connectivity index (χ2v) is 4.78. The molecule has 0 aliphatic heterocycles. The van der Waals surface area contributed by atoms with Gasteiger partial charge in [0.25, 0.3) is 0 Å². The fourth-order valence-electron chi connectivity index (χ4n) is 1.40. The quantitative estimate of drug-likeness (QED) is 0.855. The summed E-state index contributed by atoms with van der Waals surface area (Å²) in [6.45, 7) is 2.73. The van der Waals surface area contributed by atoms with Crippen LogP contribution < -0.4 is 15.8 Å². The molecule has 2 aromatic heterocycles. The van der Waals surface area contributed by atoms with Gasteiger partial charge in [0.05, 0.1) is 13.7 Å². The van der Waals surface area contributed by atoms with E-state index in [-0.39, 0.29) is 5.95 Å². The van der Waals surface area contributed by atoms with Crippen LogP contribution in [-0.4, -0.2) is 22.1 Å². The first-order chi connectivity index (χ1) is 8.71. The predicted octanol–water partition coefficient (Wildman–Crippen LogP) is 1.70. The highest BCUT2D eigenvalue weighted by Crippen LogP contribution is 2.17. The van der Waals surface area contributed by atoms with Gasteiger partial charge in [-0.15, -0.1) is 11.3 Å². The van der Waals surface area contributed by atoms with Crippen LogP contribution in [0.25, 0.3) is 0 Å². The van der Waals surface area contributed by atoms with Crippen molar-refractivity contribution in [3.05, 3.63) is 22.1 Å². The Morgan fingerprint density at radius 1 is 1.44 bits per heavy atom. The van der Waals surface area contributed by atoms with E-state index in [4.69, 9.17) is 10.5 Å². The first-order valence-electron chi connectivity index (χ1n) is 5.57. The predicted molar refractivity (Wildman–Crippen MR) is 71.8 cm³/mol. The summed E-state index contributed by atoms with van der Waals surface area (Å²) in [6.07, 6.45) is 2.91. The first-order valence-corrected chi connectivity index (χ1v) is 6.39. The lowest BCUT2D eigenvalue weighted by Gasteiger charge is -2.06. The van der Waals surface area contributed by atoms with Crippen LogP contribution in [0.4, 0.5) is 11.8 Å². The number of methoxy groups -OCH3 is 1. The van der Waals surface area contributed by atoms with Crippen LogP contribution in [0.2, 0.25) is 0 Å². The van der Waals surface area contributed by atoms with E-state index in [0.29, 0.717) is 18.2 Å². The zero-order valence-corrected chi connectivity index (χ0v) is 11.1. The van der Waals surface area contributed by atoms with Crippen LogP contribution >= 0.6 is 11.3 Å². The van der Waals surface area contributed by atoms with E-state index < -0.39 is 0 Å². The molecule has 0 aromatic carbocycles. The van der Waals surface area contributed by atoms with Crippen molar-refractivity contribution < 1.29 is 4.74 Å². The molecule has 18 heavy (non-hydrogen) atoms. The summed E-state index contributed by atoms with van der Waals surface area (Å²) in [4.78, 5) is 13.6. The molecule has 0 saturated carbocycles. The van der Waals surface area contributed by atoms with Crippen molar-refractivity contribution in [2.75, 3.05) is 18.2 Å². The lowest BCUT2D eigenvalue weighted by atomic mass is 10.4. The minimum absolute atomic E-state index is 0.185. The van der Waals surface area contributed by atoms with Crippen LogP contribution in [0.3, 0.4) is 0 Å². The number of ether oxygens (including phenoxy) is 1. The summed E-state index contributed by atoms with van der Waals surface area (Å²) in [6, 6.07) is 1.70. The van der Waals surface area contributed by atoms with Gasteiger partial charge in [0.2, 0.25) is 11.8 Å². The molecule has 0 unspecified atom stereocenters. The van der Waals surface area contributed by atoms with Crippen molar-refractivity contribution in [1.29, 1.82) is 0 Å². The Labute approximate surface area is 109 Å². The third kappa shape index (κ3) is 3.07. The van der Waals surface area contributed by atoms with Gasteiger partial charge in [-0.2, -0.15) is 9.97 Å². The smallest absolute Gasteiger partial charge is 0.225 e. The average molecular weight is 265 g/mol. The van der Waals surface area contributed by atoms with Crippen molar-refractivity contribution in [3.8, 4) is 5.88 Å². The van der Waals surface area contributed by atoms with Gasteiger partial charge in [0.1, 0.15) is 10.8 Å². The average Bonchev–Trinajstić information content (AvgIpc) is 2.83. The van der Waals surface area contributed by atoms with Gasteiger partial charge < -0.3 is 15.8 Å². The number of hydrogen-bond donors (Lipinski definition) is 2. The zero-order chi connectivity index (χ0) is 13.0. The molecule has 0 radical (unpaired) electrons. The maximum atomic E-state index is 5.57. The normalized spacial score (nSPS) is 10.3. The Hall–Kier alpha value is -1.89. The van der Waals surface area contributed by atoms with E-state index in [0.717, 1.165) is 11.4 Å². The highest BCUT2D eigenvalue weighted by molar-refractivity contribution is 7.11. The lowest BCUT2D eigenvalue weighted by Crippen LogP contribution is -2.05. The maximum absolute atomic E-state index is 5.57.